The summed E-state index contributed by atoms with van der Waals surface area (Å²) in [4.78, 5) is 28.5. The van der Waals surface area contributed by atoms with Gasteiger partial charge in [-0.1, -0.05) is 56.2 Å². The smallest absolute Gasteiger partial charge is 0.265 e. The lowest BCUT2D eigenvalue weighted by atomic mass is 9.87. The van der Waals surface area contributed by atoms with E-state index in [0.29, 0.717) is 18.7 Å². The first-order valence-corrected chi connectivity index (χ1v) is 13.2. The van der Waals surface area contributed by atoms with Crippen molar-refractivity contribution >= 4 is 17.5 Å². The molecule has 2 amide bonds. The number of ether oxygens (including phenoxy) is 1. The Balaban J connectivity index is 1.44. The van der Waals surface area contributed by atoms with Crippen LogP contribution in [0.1, 0.15) is 61.8 Å². The number of benzene rings is 3. The molecular formula is C31H33FN2O3. The van der Waals surface area contributed by atoms with Gasteiger partial charge in [0, 0.05) is 18.2 Å². The lowest BCUT2D eigenvalue weighted by molar-refractivity contribution is -0.137. The van der Waals surface area contributed by atoms with Gasteiger partial charge in [0.05, 0.1) is 6.04 Å². The molecule has 3 aromatic carbocycles. The van der Waals surface area contributed by atoms with Gasteiger partial charge < -0.3 is 15.0 Å². The molecule has 0 saturated heterocycles. The number of para-hydroxylation sites is 1. The monoisotopic (exact) mass is 500 g/mol. The fourth-order valence-electron chi connectivity index (χ4n) is 5.55. The Labute approximate surface area is 217 Å². The van der Waals surface area contributed by atoms with E-state index in [1.54, 1.807) is 12.1 Å². The minimum Gasteiger partial charge on any atom is -0.481 e. The molecule has 0 bridgehead atoms. The standard InChI is InChI=1S/C31H33FN2O3/c1-2-28(30(35)33-25-10-4-3-5-11-25)37-26-17-14-21-18-19-34(31(36)23-8-6-7-9-23)29(27(21)20-26)22-12-15-24(32)16-13-22/h3-5,10-17,20,23,28-29H,2,6-9,18-19H2,1H3,(H,33,35). The number of anilines is 1. The SMILES string of the molecule is CCC(Oc1ccc2c(c1)C(c1ccc(F)cc1)N(C(=O)C1CCCC1)CC2)C(=O)Nc1ccccc1. The first kappa shape index (κ1) is 25.0. The Morgan fingerprint density at radius 1 is 1.03 bits per heavy atom. The van der Waals surface area contributed by atoms with Crippen LogP contribution in [0, 0.1) is 11.7 Å². The van der Waals surface area contributed by atoms with E-state index in [0.717, 1.165) is 54.5 Å². The summed E-state index contributed by atoms with van der Waals surface area (Å²) in [5.41, 5.74) is 3.70. The van der Waals surface area contributed by atoms with Crippen LogP contribution >= 0.6 is 0 Å². The Bertz CT molecular complexity index is 1240. The van der Waals surface area contributed by atoms with E-state index < -0.39 is 6.10 Å². The van der Waals surface area contributed by atoms with E-state index in [2.05, 4.69) is 5.32 Å². The second-order valence-electron chi connectivity index (χ2n) is 9.95. The van der Waals surface area contributed by atoms with Crippen molar-refractivity contribution in [2.45, 2.75) is 57.6 Å². The minimum absolute atomic E-state index is 0.0510. The molecule has 6 heteroatoms. The molecule has 0 spiro atoms. The molecule has 0 radical (unpaired) electrons. The molecular weight excluding hydrogens is 467 g/mol. The summed E-state index contributed by atoms with van der Waals surface area (Å²) < 4.78 is 20.0. The van der Waals surface area contributed by atoms with Crippen LogP contribution in [0.2, 0.25) is 0 Å². The van der Waals surface area contributed by atoms with Crippen molar-refractivity contribution in [3.63, 3.8) is 0 Å². The lowest BCUT2D eigenvalue weighted by Crippen LogP contribution is -2.43. The molecule has 37 heavy (non-hydrogen) atoms. The normalized spacial score (nSPS) is 18.2. The largest absolute Gasteiger partial charge is 0.481 e. The average molecular weight is 501 g/mol. The van der Waals surface area contributed by atoms with Crippen molar-refractivity contribution in [1.82, 2.24) is 4.90 Å². The zero-order valence-corrected chi connectivity index (χ0v) is 21.2. The van der Waals surface area contributed by atoms with Crippen LogP contribution in [-0.4, -0.2) is 29.4 Å². The Hall–Kier alpha value is -3.67. The highest BCUT2D eigenvalue weighted by molar-refractivity contribution is 5.94. The molecule has 1 fully saturated rings. The predicted octanol–water partition coefficient (Wildman–Crippen LogP) is 6.29. The summed E-state index contributed by atoms with van der Waals surface area (Å²) in [5.74, 6) is 0.295. The molecule has 2 aliphatic rings. The van der Waals surface area contributed by atoms with Crippen LogP contribution in [-0.2, 0) is 16.0 Å². The summed E-state index contributed by atoms with van der Waals surface area (Å²) in [6, 6.07) is 21.3. The van der Waals surface area contributed by atoms with Crippen LogP contribution < -0.4 is 10.1 Å². The second kappa shape index (κ2) is 11.2. The van der Waals surface area contributed by atoms with Gasteiger partial charge in [-0.2, -0.15) is 0 Å². The Morgan fingerprint density at radius 2 is 1.76 bits per heavy atom. The van der Waals surface area contributed by atoms with Gasteiger partial charge in [-0.05, 0) is 78.8 Å². The second-order valence-corrected chi connectivity index (χ2v) is 9.95. The van der Waals surface area contributed by atoms with Gasteiger partial charge in [0.15, 0.2) is 6.10 Å². The van der Waals surface area contributed by atoms with Crippen molar-refractivity contribution < 1.29 is 18.7 Å². The highest BCUT2D eigenvalue weighted by atomic mass is 19.1. The molecule has 1 aliphatic heterocycles. The van der Waals surface area contributed by atoms with Gasteiger partial charge in [0.25, 0.3) is 5.91 Å². The van der Waals surface area contributed by atoms with E-state index in [1.165, 1.54) is 12.1 Å². The van der Waals surface area contributed by atoms with Crippen molar-refractivity contribution in [3.8, 4) is 5.75 Å². The third-order valence-corrected chi connectivity index (χ3v) is 7.50. The van der Waals surface area contributed by atoms with Crippen LogP contribution in [0.3, 0.4) is 0 Å². The van der Waals surface area contributed by atoms with Crippen molar-refractivity contribution in [2.24, 2.45) is 5.92 Å². The van der Waals surface area contributed by atoms with Gasteiger partial charge >= 0.3 is 0 Å². The zero-order chi connectivity index (χ0) is 25.8. The summed E-state index contributed by atoms with van der Waals surface area (Å²) >= 11 is 0. The maximum absolute atomic E-state index is 13.8. The van der Waals surface area contributed by atoms with E-state index in [4.69, 9.17) is 4.74 Å². The molecule has 1 aliphatic carbocycles. The number of carbonyl (C=O) groups is 2. The van der Waals surface area contributed by atoms with E-state index in [-0.39, 0.29) is 29.6 Å². The van der Waals surface area contributed by atoms with Crippen LogP contribution in [0.4, 0.5) is 10.1 Å². The lowest BCUT2D eigenvalue weighted by Gasteiger charge is -2.39. The topological polar surface area (TPSA) is 58.6 Å². The number of rotatable bonds is 7. The maximum atomic E-state index is 13.8. The molecule has 192 valence electrons. The van der Waals surface area contributed by atoms with Gasteiger partial charge in [0.1, 0.15) is 11.6 Å². The zero-order valence-electron chi connectivity index (χ0n) is 21.2. The number of carbonyl (C=O) groups excluding carboxylic acids is 2. The highest BCUT2D eigenvalue weighted by Crippen LogP contribution is 2.40. The van der Waals surface area contributed by atoms with Crippen LogP contribution in [0.15, 0.2) is 72.8 Å². The Kier molecular flexibility index (Phi) is 7.54. The summed E-state index contributed by atoms with van der Waals surface area (Å²) in [6.07, 6.45) is 4.61. The fraction of sp³-hybridized carbons (Fsp3) is 0.355. The molecule has 3 aromatic rings. The number of fused-ring (bicyclic) bond motifs is 1. The average Bonchev–Trinajstić information content (AvgIpc) is 3.47. The third-order valence-electron chi connectivity index (χ3n) is 7.50. The highest BCUT2D eigenvalue weighted by Gasteiger charge is 2.36. The van der Waals surface area contributed by atoms with E-state index >= 15 is 0 Å². The first-order valence-electron chi connectivity index (χ1n) is 13.2. The molecule has 1 N–H and O–H groups in total. The quantitative estimate of drug-likeness (QED) is 0.415. The number of nitrogens with one attached hydrogen (secondary N) is 1. The predicted molar refractivity (Wildman–Crippen MR) is 142 cm³/mol. The van der Waals surface area contributed by atoms with Crippen LogP contribution in [0.5, 0.6) is 5.75 Å². The number of hydrogen-bond donors (Lipinski definition) is 1. The first-order chi connectivity index (χ1) is 18.0. The third kappa shape index (κ3) is 5.53. The number of hydrogen-bond acceptors (Lipinski definition) is 3. The van der Waals surface area contributed by atoms with Gasteiger partial charge in [-0.3, -0.25) is 9.59 Å². The molecule has 0 aromatic heterocycles. The van der Waals surface area contributed by atoms with E-state index in [1.807, 2.05) is 60.4 Å². The molecule has 5 nitrogen and oxygen atoms in total. The number of nitrogens with zero attached hydrogens (tertiary/aromatic N) is 1. The number of halogens is 1. The van der Waals surface area contributed by atoms with Gasteiger partial charge in [-0.25, -0.2) is 4.39 Å². The molecule has 2 atom stereocenters. The molecule has 1 heterocycles. The number of amides is 2. The summed E-state index contributed by atoms with van der Waals surface area (Å²) in [7, 11) is 0. The molecule has 5 rings (SSSR count). The van der Waals surface area contributed by atoms with Crippen molar-refractivity contribution in [1.29, 1.82) is 0 Å². The van der Waals surface area contributed by atoms with Crippen molar-refractivity contribution in [3.05, 3.63) is 95.3 Å². The Morgan fingerprint density at radius 3 is 2.46 bits per heavy atom. The summed E-state index contributed by atoms with van der Waals surface area (Å²) in [5, 5.41) is 2.92. The molecule has 1 saturated carbocycles. The molecule has 2 unspecified atom stereocenters. The van der Waals surface area contributed by atoms with Crippen LogP contribution in [0.25, 0.3) is 0 Å². The van der Waals surface area contributed by atoms with Gasteiger partial charge in [0.2, 0.25) is 5.91 Å². The summed E-state index contributed by atoms with van der Waals surface area (Å²) in [6.45, 7) is 2.54. The fourth-order valence-corrected chi connectivity index (χ4v) is 5.55. The maximum Gasteiger partial charge on any atom is 0.265 e. The van der Waals surface area contributed by atoms with Gasteiger partial charge in [-0.15, -0.1) is 0 Å². The van der Waals surface area contributed by atoms with Crippen molar-refractivity contribution in [2.75, 3.05) is 11.9 Å². The minimum atomic E-state index is -0.664. The van der Waals surface area contributed by atoms with E-state index in [9.17, 15) is 14.0 Å².